The predicted octanol–water partition coefficient (Wildman–Crippen LogP) is 18.1. The van der Waals surface area contributed by atoms with Crippen LogP contribution in [-0.4, -0.2) is 25.6 Å². The molecule has 0 atom stereocenters. The molecule has 0 amide bonds. The van der Waals surface area contributed by atoms with Crippen LogP contribution in [-0.2, 0) is 35.6 Å². The average molecular weight is 1220 g/mol. The zero-order chi connectivity index (χ0) is 55.2. The number of imidazole rings is 1. The van der Waals surface area contributed by atoms with E-state index in [2.05, 4.69) is 318 Å². The van der Waals surface area contributed by atoms with Gasteiger partial charge in [0.05, 0.1) is 0 Å². The van der Waals surface area contributed by atoms with Gasteiger partial charge in [-0.05, 0) is 6.07 Å². The van der Waals surface area contributed by atoms with Crippen molar-refractivity contribution in [1.29, 1.82) is 0 Å². The molecule has 0 saturated carbocycles. The summed E-state index contributed by atoms with van der Waals surface area (Å²) in [5, 5.41) is 2.47. The predicted molar refractivity (Wildman–Crippen MR) is 331 cm³/mol. The summed E-state index contributed by atoms with van der Waals surface area (Å²) in [5.74, 6) is 2.01. The van der Waals surface area contributed by atoms with E-state index in [0.29, 0.717) is 11.6 Å². The van der Waals surface area contributed by atoms with E-state index in [1.165, 1.54) is 55.1 Å². The van der Waals surface area contributed by atoms with E-state index in [0.717, 1.165) is 60.0 Å². The monoisotopic (exact) mass is 1220 g/mol. The standard InChI is InChI=1S/C72H64BN5O.Pt/c1-70(2,3)50-43-49(44-51(45-50)71(4,5)6)55-32-22-31-54(48-25-12-10-13-26-48)68(55)76-47-75(62-36-20-21-37-63(62)76)53-41-42-58(56-29-16-18-34-60(56)72(7,8)9)65(46-53)79-67-40-24-39-66(74-67)77-64-38-23-33-59-57-30-17-19-35-61(57)78(69(59)64)73(77)52-27-14-11-15-28-52;/h10-46H,1-9H3;. The maximum absolute atomic E-state index is 7.34. The van der Waals surface area contributed by atoms with Gasteiger partial charge in [-0.1, -0.05) is 60.7 Å². The van der Waals surface area contributed by atoms with E-state index in [1.54, 1.807) is 0 Å². The second-order valence-electron chi connectivity index (χ2n) is 24.4. The third kappa shape index (κ3) is 8.78. The van der Waals surface area contributed by atoms with Crippen molar-refractivity contribution in [3.8, 4) is 56.4 Å². The van der Waals surface area contributed by atoms with Gasteiger partial charge in [-0.15, -0.1) is 0 Å². The molecule has 1 aliphatic heterocycles. The molecular weight excluding hydrogens is 1160 g/mol. The molecule has 8 heteroatoms. The minimum atomic E-state index is -0.178. The molecule has 4 heterocycles. The third-order valence-electron chi connectivity index (χ3n) is 16.0. The van der Waals surface area contributed by atoms with Gasteiger partial charge in [-0.25, -0.2) is 0 Å². The molecule has 0 radical (unpaired) electrons. The normalized spacial score (nSPS) is 12.8. The van der Waals surface area contributed by atoms with E-state index in [-0.39, 0.29) is 23.2 Å². The van der Waals surface area contributed by atoms with Crippen LogP contribution in [0.25, 0.3) is 77.6 Å². The van der Waals surface area contributed by atoms with Gasteiger partial charge in [-0.3, -0.25) is 0 Å². The van der Waals surface area contributed by atoms with Crippen LogP contribution < -0.4 is 15.0 Å². The molecule has 0 unspecified atom stereocenters. The molecule has 13 rings (SSSR count). The van der Waals surface area contributed by atoms with Crippen molar-refractivity contribution in [2.24, 2.45) is 0 Å². The number of rotatable bonds is 9. The van der Waals surface area contributed by atoms with Crippen molar-refractivity contribution in [2.45, 2.75) is 78.6 Å². The molecule has 0 N–H and O–H groups in total. The third-order valence-corrected chi connectivity index (χ3v) is 17.0. The van der Waals surface area contributed by atoms with Crippen LogP contribution in [0.3, 0.4) is 0 Å². The molecule has 80 heavy (non-hydrogen) atoms. The zero-order valence-corrected chi connectivity index (χ0v) is 49.2. The molecule has 0 saturated heterocycles. The molecule has 0 spiro atoms. The maximum atomic E-state index is 7.34. The Hall–Kier alpha value is -8.25. The van der Waals surface area contributed by atoms with Crippen LogP contribution in [0.15, 0.2) is 224 Å². The number of nitrogens with zero attached hydrogens (tertiary/aromatic N) is 5. The first-order valence-electron chi connectivity index (χ1n) is 27.8. The Balaban J connectivity index is 1.01. The van der Waals surface area contributed by atoms with Gasteiger partial charge in [0.1, 0.15) is 0 Å². The van der Waals surface area contributed by atoms with Crippen LogP contribution in [0.5, 0.6) is 11.6 Å². The second-order valence-corrected chi connectivity index (χ2v) is 25.4. The molecule has 396 valence electrons. The zero-order valence-electron chi connectivity index (χ0n) is 46.9. The molecule has 6 nitrogen and oxygen atoms in total. The van der Waals surface area contributed by atoms with Crippen LogP contribution in [0, 0.1) is 3.80 Å². The van der Waals surface area contributed by atoms with E-state index in [9.17, 15) is 0 Å². The first-order chi connectivity index (χ1) is 38.5. The van der Waals surface area contributed by atoms with E-state index < -0.39 is 0 Å². The number of para-hydroxylation sites is 5. The molecule has 0 fully saturated rings. The van der Waals surface area contributed by atoms with Gasteiger partial charge in [0.15, 0.2) is 0 Å². The number of benzene rings is 9. The Kier molecular flexibility index (Phi) is 12.5. The van der Waals surface area contributed by atoms with Gasteiger partial charge in [0.25, 0.3) is 0 Å². The first kappa shape index (κ1) is 51.2. The Morgan fingerprint density at radius 1 is 0.450 bits per heavy atom. The topological polar surface area (TPSA) is 40.1 Å². The van der Waals surface area contributed by atoms with Crippen LogP contribution in [0.4, 0.5) is 11.5 Å². The van der Waals surface area contributed by atoms with E-state index in [1.807, 2.05) is 6.07 Å². The van der Waals surface area contributed by atoms with Crippen molar-refractivity contribution < 1.29 is 24.1 Å². The summed E-state index contributed by atoms with van der Waals surface area (Å²) in [6.07, 6.45) is 0. The summed E-state index contributed by atoms with van der Waals surface area (Å²) in [5.41, 5.74) is 19.3. The molecule has 9 aromatic carbocycles. The summed E-state index contributed by atoms with van der Waals surface area (Å²) in [7, 11) is 0. The average Bonchev–Trinajstić information content (AvgIpc) is 4.19. The SMILES string of the molecule is CC(C)(C)c1cc(-c2cccc(-c3ccccc3)c2-n2[c](=[Pt])n(-c3ccc(-c4ccccc4C(C)(C)C)c(Oc4cccc(N5B(c6ccccc6)n6c7ccccc7c7cccc5c76)n4)c3)c3ccccc32)cc(C(C)(C)C)c1. The van der Waals surface area contributed by atoms with Crippen molar-refractivity contribution in [2.75, 3.05) is 4.81 Å². The van der Waals surface area contributed by atoms with Crippen molar-refractivity contribution in [1.82, 2.24) is 18.6 Å². The van der Waals surface area contributed by atoms with Crippen molar-refractivity contribution in [3.63, 3.8) is 0 Å². The molecule has 0 aliphatic carbocycles. The van der Waals surface area contributed by atoms with Crippen LogP contribution in [0.2, 0.25) is 0 Å². The van der Waals surface area contributed by atoms with Crippen LogP contribution >= 0.6 is 0 Å². The quantitative estimate of drug-likeness (QED) is 0.135. The number of hydrogen-bond acceptors (Lipinski definition) is 3. The number of anilines is 2. The van der Waals surface area contributed by atoms with Crippen LogP contribution in [0.1, 0.15) is 79.0 Å². The molecular formula is C72H64BN5OPt. The number of aromatic nitrogens is 4. The summed E-state index contributed by atoms with van der Waals surface area (Å²) in [6.45, 7) is 20.6. The van der Waals surface area contributed by atoms with Gasteiger partial charge in [0.2, 0.25) is 0 Å². The summed E-state index contributed by atoms with van der Waals surface area (Å²) < 4.78 is 15.7. The number of fused-ring (bicyclic) bond motifs is 4. The fourth-order valence-electron chi connectivity index (χ4n) is 12.0. The van der Waals surface area contributed by atoms with E-state index >= 15 is 0 Å². The summed E-state index contributed by atoms with van der Waals surface area (Å²) in [6, 6.07) is 81.5. The molecule has 0 bridgehead atoms. The fourth-order valence-corrected chi connectivity index (χ4v) is 13.1. The van der Waals surface area contributed by atoms with Gasteiger partial charge < -0.3 is 0 Å². The fraction of sp³-hybridized carbons (Fsp3) is 0.167. The molecule has 1 aliphatic rings. The molecule has 3 aromatic heterocycles. The summed E-state index contributed by atoms with van der Waals surface area (Å²) in [4.78, 5) is 7.85. The van der Waals surface area contributed by atoms with Gasteiger partial charge in [-0.2, -0.15) is 0 Å². The molecule has 12 aromatic rings. The summed E-state index contributed by atoms with van der Waals surface area (Å²) >= 11 is 2.56. The van der Waals surface area contributed by atoms with E-state index in [4.69, 9.17) is 9.72 Å². The Morgan fingerprint density at radius 3 is 1.73 bits per heavy atom. The Bertz CT molecular complexity index is 4400. The Labute approximate surface area is 481 Å². The Morgan fingerprint density at radius 2 is 1.02 bits per heavy atom. The minimum absolute atomic E-state index is 0.0591. The van der Waals surface area contributed by atoms with Gasteiger partial charge in [0, 0.05) is 16.3 Å². The number of ether oxygens (including phenoxy) is 1. The number of hydrogen-bond donors (Lipinski definition) is 0. The van der Waals surface area contributed by atoms with Crippen molar-refractivity contribution in [3.05, 3.63) is 245 Å². The number of pyridine rings is 1. The first-order valence-corrected chi connectivity index (χ1v) is 28.9. The van der Waals surface area contributed by atoms with Crippen molar-refractivity contribution >= 4 is 56.8 Å². The van der Waals surface area contributed by atoms with Gasteiger partial charge >= 0.3 is 401 Å². The second kappa shape index (κ2) is 19.5.